The molecule has 0 aliphatic carbocycles. The first-order valence-corrected chi connectivity index (χ1v) is 13.1. The summed E-state index contributed by atoms with van der Waals surface area (Å²) in [6.07, 6.45) is 3.95. The highest BCUT2D eigenvalue weighted by Crippen LogP contribution is 2.36. The van der Waals surface area contributed by atoms with Gasteiger partial charge in [-0.15, -0.1) is 0 Å². The maximum Gasteiger partial charge on any atom is 0.231 e. The smallest absolute Gasteiger partial charge is 0.231 e. The van der Waals surface area contributed by atoms with Crippen molar-refractivity contribution in [2.75, 3.05) is 26.4 Å². The topological polar surface area (TPSA) is 67.9 Å². The molecule has 5 rings (SSSR count). The van der Waals surface area contributed by atoms with Gasteiger partial charge in [-0.05, 0) is 60.9 Å². The summed E-state index contributed by atoms with van der Waals surface area (Å²) in [4.78, 5) is 28.5. The second-order valence-electron chi connectivity index (χ2n) is 10.0. The van der Waals surface area contributed by atoms with Crippen LogP contribution in [0.5, 0.6) is 11.5 Å². The predicted molar refractivity (Wildman–Crippen MR) is 142 cm³/mol. The molecule has 0 spiro atoms. The van der Waals surface area contributed by atoms with Crippen molar-refractivity contribution in [2.45, 2.75) is 38.5 Å². The Morgan fingerprint density at radius 1 is 0.784 bits per heavy atom. The standard InChI is InChI=1S/C31H34N2O4/c34-29(14-12-24-7-3-1-4-8-24)33-19-16-31(17-20-33,22-26-9-5-2-6-10-26)30(35)32-18-15-25-11-13-27-28(21-25)37-23-36-27/h1-11,13,21H,12,14-20,22-23H2,(H,32,35). The van der Waals surface area contributed by atoms with Gasteiger partial charge in [0, 0.05) is 26.1 Å². The van der Waals surface area contributed by atoms with E-state index in [2.05, 4.69) is 29.6 Å². The van der Waals surface area contributed by atoms with Gasteiger partial charge in [0.2, 0.25) is 18.6 Å². The van der Waals surface area contributed by atoms with Gasteiger partial charge in [-0.2, -0.15) is 0 Å². The molecule has 2 heterocycles. The molecule has 1 saturated heterocycles. The van der Waals surface area contributed by atoms with Gasteiger partial charge < -0.3 is 19.7 Å². The lowest BCUT2D eigenvalue weighted by Gasteiger charge is -2.41. The Morgan fingerprint density at radius 2 is 1.46 bits per heavy atom. The number of hydrogen-bond acceptors (Lipinski definition) is 4. The molecule has 37 heavy (non-hydrogen) atoms. The van der Waals surface area contributed by atoms with Crippen molar-refractivity contribution < 1.29 is 19.1 Å². The number of benzene rings is 3. The fraction of sp³-hybridized carbons (Fsp3) is 0.355. The summed E-state index contributed by atoms with van der Waals surface area (Å²) in [6.45, 7) is 2.02. The Labute approximate surface area is 218 Å². The van der Waals surface area contributed by atoms with Crippen LogP contribution in [0.4, 0.5) is 0 Å². The van der Waals surface area contributed by atoms with Crippen LogP contribution in [0.3, 0.4) is 0 Å². The zero-order valence-corrected chi connectivity index (χ0v) is 21.2. The van der Waals surface area contributed by atoms with E-state index in [1.165, 1.54) is 5.56 Å². The van der Waals surface area contributed by atoms with Crippen LogP contribution in [0.2, 0.25) is 0 Å². The molecule has 0 atom stereocenters. The zero-order valence-electron chi connectivity index (χ0n) is 21.2. The normalized spacial score (nSPS) is 15.8. The number of carbonyl (C=O) groups excluding carboxylic acids is 2. The Hall–Kier alpha value is -3.80. The molecule has 0 radical (unpaired) electrons. The van der Waals surface area contributed by atoms with E-state index in [1.54, 1.807) is 0 Å². The molecule has 6 heteroatoms. The summed E-state index contributed by atoms with van der Waals surface area (Å²) < 4.78 is 10.9. The first-order valence-electron chi connectivity index (χ1n) is 13.1. The van der Waals surface area contributed by atoms with Gasteiger partial charge in [0.1, 0.15) is 0 Å². The van der Waals surface area contributed by atoms with E-state index in [-0.39, 0.29) is 18.6 Å². The highest BCUT2D eigenvalue weighted by atomic mass is 16.7. The predicted octanol–water partition coefficient (Wildman–Crippen LogP) is 4.56. The minimum atomic E-state index is -0.521. The number of rotatable bonds is 9. The Kier molecular flexibility index (Phi) is 7.73. The largest absolute Gasteiger partial charge is 0.454 e. The van der Waals surface area contributed by atoms with Crippen LogP contribution in [0.1, 0.15) is 36.0 Å². The lowest BCUT2D eigenvalue weighted by Crippen LogP contribution is -2.51. The molecule has 0 aromatic heterocycles. The van der Waals surface area contributed by atoms with Crippen molar-refractivity contribution >= 4 is 11.8 Å². The van der Waals surface area contributed by atoms with Crippen molar-refractivity contribution in [3.05, 3.63) is 95.6 Å². The summed E-state index contributed by atoms with van der Waals surface area (Å²) in [5.41, 5.74) is 2.90. The summed E-state index contributed by atoms with van der Waals surface area (Å²) in [5, 5.41) is 3.21. The third-order valence-electron chi connectivity index (χ3n) is 7.55. The minimum Gasteiger partial charge on any atom is -0.454 e. The fourth-order valence-corrected chi connectivity index (χ4v) is 5.31. The first-order chi connectivity index (χ1) is 18.1. The highest BCUT2D eigenvalue weighted by Gasteiger charge is 2.42. The van der Waals surface area contributed by atoms with Crippen molar-refractivity contribution in [1.82, 2.24) is 10.2 Å². The number of hydrogen-bond donors (Lipinski definition) is 1. The van der Waals surface area contributed by atoms with Crippen molar-refractivity contribution in [3.8, 4) is 11.5 Å². The molecule has 6 nitrogen and oxygen atoms in total. The molecule has 1 N–H and O–H groups in total. The Morgan fingerprint density at radius 3 is 2.19 bits per heavy atom. The van der Waals surface area contributed by atoms with Crippen LogP contribution in [-0.4, -0.2) is 43.1 Å². The molecule has 192 valence electrons. The fourth-order valence-electron chi connectivity index (χ4n) is 5.31. The van der Waals surface area contributed by atoms with E-state index >= 15 is 0 Å². The number of nitrogens with zero attached hydrogens (tertiary/aromatic N) is 1. The van der Waals surface area contributed by atoms with Gasteiger partial charge in [0.05, 0.1) is 5.41 Å². The van der Waals surface area contributed by atoms with E-state index in [9.17, 15) is 9.59 Å². The maximum absolute atomic E-state index is 13.6. The van der Waals surface area contributed by atoms with Crippen LogP contribution in [0.15, 0.2) is 78.9 Å². The zero-order chi connectivity index (χ0) is 25.5. The molecule has 3 aromatic carbocycles. The van der Waals surface area contributed by atoms with Gasteiger partial charge in [-0.25, -0.2) is 0 Å². The number of amides is 2. The van der Waals surface area contributed by atoms with E-state index in [1.807, 2.05) is 59.5 Å². The molecule has 2 amide bonds. The third kappa shape index (κ3) is 6.13. The monoisotopic (exact) mass is 498 g/mol. The molecular weight excluding hydrogens is 464 g/mol. The van der Waals surface area contributed by atoms with Crippen LogP contribution >= 0.6 is 0 Å². The van der Waals surface area contributed by atoms with Gasteiger partial charge in [0.15, 0.2) is 11.5 Å². The molecule has 0 unspecified atom stereocenters. The highest BCUT2D eigenvalue weighted by molar-refractivity contribution is 5.84. The van der Waals surface area contributed by atoms with Gasteiger partial charge in [0.25, 0.3) is 0 Å². The van der Waals surface area contributed by atoms with E-state index in [4.69, 9.17) is 9.47 Å². The van der Waals surface area contributed by atoms with Crippen LogP contribution < -0.4 is 14.8 Å². The number of likely N-dealkylation sites (tertiary alicyclic amines) is 1. The number of piperidine rings is 1. The lowest BCUT2D eigenvalue weighted by atomic mass is 9.72. The van der Waals surface area contributed by atoms with E-state index in [0.29, 0.717) is 51.7 Å². The van der Waals surface area contributed by atoms with E-state index < -0.39 is 5.41 Å². The van der Waals surface area contributed by atoms with Gasteiger partial charge in [-0.3, -0.25) is 9.59 Å². The summed E-state index contributed by atoms with van der Waals surface area (Å²) in [5.74, 6) is 1.77. The second kappa shape index (κ2) is 11.5. The van der Waals surface area contributed by atoms with E-state index in [0.717, 1.165) is 29.0 Å². The number of aryl methyl sites for hydroxylation is 1. The summed E-state index contributed by atoms with van der Waals surface area (Å²) >= 11 is 0. The average Bonchev–Trinajstić information content (AvgIpc) is 3.41. The number of ether oxygens (including phenoxy) is 2. The molecular formula is C31H34N2O4. The number of fused-ring (bicyclic) bond motifs is 1. The van der Waals surface area contributed by atoms with Crippen LogP contribution in [-0.2, 0) is 28.9 Å². The third-order valence-corrected chi connectivity index (χ3v) is 7.55. The van der Waals surface area contributed by atoms with Crippen molar-refractivity contribution in [3.63, 3.8) is 0 Å². The number of nitrogens with one attached hydrogen (secondary N) is 1. The molecule has 2 aliphatic heterocycles. The number of carbonyl (C=O) groups is 2. The SMILES string of the molecule is O=C(CCc1ccccc1)N1CCC(Cc2ccccc2)(C(=O)NCCc2ccc3c(c2)OCO3)CC1. The van der Waals surface area contributed by atoms with Gasteiger partial charge in [-0.1, -0.05) is 66.7 Å². The molecule has 1 fully saturated rings. The first kappa shape index (κ1) is 24.9. The second-order valence-corrected chi connectivity index (χ2v) is 10.0. The van der Waals surface area contributed by atoms with Crippen LogP contribution in [0.25, 0.3) is 0 Å². The average molecular weight is 499 g/mol. The van der Waals surface area contributed by atoms with Gasteiger partial charge >= 0.3 is 0 Å². The Balaban J connectivity index is 1.19. The quantitative estimate of drug-likeness (QED) is 0.470. The molecule has 0 saturated carbocycles. The van der Waals surface area contributed by atoms with Crippen LogP contribution in [0, 0.1) is 5.41 Å². The molecule has 2 aliphatic rings. The summed E-state index contributed by atoms with van der Waals surface area (Å²) in [7, 11) is 0. The van der Waals surface area contributed by atoms with Crippen molar-refractivity contribution in [1.29, 1.82) is 0 Å². The summed E-state index contributed by atoms with van der Waals surface area (Å²) in [6, 6.07) is 26.2. The molecule has 0 bridgehead atoms. The minimum absolute atomic E-state index is 0.0773. The molecule has 3 aromatic rings. The maximum atomic E-state index is 13.6. The lowest BCUT2D eigenvalue weighted by molar-refractivity contribution is -0.140. The van der Waals surface area contributed by atoms with Crippen molar-refractivity contribution in [2.24, 2.45) is 5.41 Å². The Bertz CT molecular complexity index is 1200.